The Morgan fingerprint density at radius 3 is 0.583 bits per heavy atom. The fourth-order valence-corrected chi connectivity index (χ4v) is 5.79. The maximum Gasteiger partial charge on any atom is 0.573 e. The van der Waals surface area contributed by atoms with Crippen LogP contribution in [-0.2, 0) is 0 Å². The molecule has 0 atom stereocenters. The summed E-state index contributed by atoms with van der Waals surface area (Å²) in [5.41, 5.74) is -3.22. The lowest BCUT2D eigenvalue weighted by Gasteiger charge is -2.14. The molecule has 7 rings (SSSR count). The number of nitrogens with zero attached hydrogens (tertiary/aromatic N) is 12. The van der Waals surface area contributed by atoms with E-state index in [4.69, 9.17) is 0 Å². The van der Waals surface area contributed by atoms with Gasteiger partial charge in [-0.15, -0.1) is 79.0 Å². The monoisotopic (exact) mass is 1040 g/mol. The van der Waals surface area contributed by atoms with Gasteiger partial charge in [0.25, 0.3) is 0 Å². The Morgan fingerprint density at radius 2 is 0.458 bits per heavy atom. The average molecular weight is 1040 g/mol. The minimum Gasteiger partial charge on any atom is -0.402 e. The first-order valence-electron chi connectivity index (χ1n) is 17.8. The zero-order valence-corrected chi connectivity index (χ0v) is 33.1. The SMILES string of the molecule is N#CC(=C1N=c2cc(OC(F)(F)F)c(OC(F)(F)F)cc2=N1)c1nc(C(C#N)=C2N=c3cc(OC(F)(F)F)c(OC(F)(F)F)cc3=N2)nc(C(C#N)=C2N=c3cc(OC(F)(F)F)c(OC(F)(F)F)cc3=N2)n1. The van der Waals surface area contributed by atoms with Crippen LogP contribution in [0.4, 0.5) is 79.0 Å². The predicted octanol–water partition coefficient (Wildman–Crippen LogP) is 5.70. The Hall–Kier alpha value is -9.30. The number of fused-ring (bicyclic) bond motifs is 3. The molecule has 18 nitrogen and oxygen atoms in total. The molecule has 4 heterocycles. The number of hydrogen-bond donors (Lipinski definition) is 0. The van der Waals surface area contributed by atoms with Gasteiger partial charge in [-0.3, -0.25) is 0 Å². The van der Waals surface area contributed by atoms with Crippen LogP contribution >= 0.6 is 0 Å². The molecule has 3 aromatic carbocycles. The van der Waals surface area contributed by atoms with Crippen molar-refractivity contribution in [1.82, 2.24) is 15.0 Å². The molecule has 72 heavy (non-hydrogen) atoms. The van der Waals surface area contributed by atoms with Gasteiger partial charge in [-0.1, -0.05) is 0 Å². The molecule has 0 spiro atoms. The van der Waals surface area contributed by atoms with Crippen LogP contribution in [-0.4, -0.2) is 53.1 Å². The average Bonchev–Trinajstić information content (AvgIpc) is 3.92. The Balaban J connectivity index is 1.49. The summed E-state index contributed by atoms with van der Waals surface area (Å²) in [7, 11) is 0. The van der Waals surface area contributed by atoms with Crippen molar-refractivity contribution < 1.29 is 107 Å². The van der Waals surface area contributed by atoms with Crippen molar-refractivity contribution in [3.05, 3.63) is 103 Å². The number of rotatable bonds is 9. The number of hydrogen-bond acceptors (Lipinski definition) is 18. The van der Waals surface area contributed by atoms with Crippen molar-refractivity contribution in [2.75, 3.05) is 0 Å². The van der Waals surface area contributed by atoms with Crippen molar-refractivity contribution >= 4 is 16.7 Å². The maximum absolute atomic E-state index is 13.2. The van der Waals surface area contributed by atoms with Crippen molar-refractivity contribution in [3.8, 4) is 52.7 Å². The topological polar surface area (TPSA) is 240 Å². The predicted molar refractivity (Wildman–Crippen MR) is 184 cm³/mol. The van der Waals surface area contributed by atoms with Gasteiger partial charge in [0.2, 0.25) is 0 Å². The first-order chi connectivity index (χ1) is 33.2. The highest BCUT2D eigenvalue weighted by atomic mass is 19.4. The molecule has 0 N–H and O–H groups in total. The molecule has 372 valence electrons. The lowest BCUT2D eigenvalue weighted by Crippen LogP contribution is -2.27. The molecule has 3 aliphatic rings. The number of allylic oxidation sites excluding steroid dienone is 3. The highest BCUT2D eigenvalue weighted by Crippen LogP contribution is 2.38. The van der Waals surface area contributed by atoms with E-state index in [1.807, 2.05) is 0 Å². The summed E-state index contributed by atoms with van der Waals surface area (Å²) < 4.78 is 259. The number of ether oxygens (including phenoxy) is 6. The van der Waals surface area contributed by atoms with Crippen molar-refractivity contribution in [2.24, 2.45) is 30.0 Å². The number of alkyl halides is 18. The Bertz CT molecular complexity index is 3060. The molecule has 1 aromatic heterocycles. The molecule has 0 radical (unpaired) electrons. The van der Waals surface area contributed by atoms with Gasteiger partial charge in [-0.05, 0) is 0 Å². The number of benzene rings is 3. The van der Waals surface area contributed by atoms with Crippen molar-refractivity contribution in [3.63, 3.8) is 0 Å². The molecule has 0 amide bonds. The van der Waals surface area contributed by atoms with E-state index >= 15 is 0 Å². The molecular formula is C36H6F18N12O6. The molecule has 0 aliphatic carbocycles. The van der Waals surface area contributed by atoms with Crippen LogP contribution in [0.2, 0.25) is 0 Å². The van der Waals surface area contributed by atoms with Gasteiger partial charge >= 0.3 is 38.2 Å². The van der Waals surface area contributed by atoms with E-state index in [9.17, 15) is 94.8 Å². The molecule has 0 saturated carbocycles. The first kappa shape index (κ1) is 50.6. The van der Waals surface area contributed by atoms with Crippen LogP contribution in [0, 0.1) is 34.0 Å². The third kappa shape index (κ3) is 11.9. The third-order valence-electron chi connectivity index (χ3n) is 8.15. The van der Waals surface area contributed by atoms with Gasteiger partial charge in [-0.25, -0.2) is 44.9 Å². The maximum atomic E-state index is 13.2. The summed E-state index contributed by atoms with van der Waals surface area (Å²) in [6.07, 6.45) is -33.9. The third-order valence-corrected chi connectivity index (χ3v) is 8.15. The van der Waals surface area contributed by atoms with E-state index in [0.29, 0.717) is 0 Å². The highest BCUT2D eigenvalue weighted by Gasteiger charge is 2.40. The van der Waals surface area contributed by atoms with Crippen LogP contribution in [0.15, 0.2) is 83.8 Å². The molecule has 4 aromatic rings. The van der Waals surface area contributed by atoms with E-state index in [1.54, 1.807) is 0 Å². The zero-order valence-electron chi connectivity index (χ0n) is 33.1. The molecule has 3 aliphatic heterocycles. The van der Waals surface area contributed by atoms with Crippen LogP contribution < -0.4 is 60.6 Å². The number of aromatic nitrogens is 3. The summed E-state index contributed by atoms with van der Waals surface area (Å²) in [6, 6.07) is 5.67. The second-order valence-electron chi connectivity index (χ2n) is 13.1. The van der Waals surface area contributed by atoms with E-state index in [0.717, 1.165) is 0 Å². The van der Waals surface area contributed by atoms with E-state index in [-0.39, 0.29) is 36.4 Å². The summed E-state index contributed by atoms with van der Waals surface area (Å²) >= 11 is 0. The standard InChI is InChI=1S/C36H6F18N12O6/c37-31(38,39)67-19-1-13-14(2-20(19)68-32(40,41)42)59-25(58-13)10(7-55)28-64-29(11(8-56)26-60-15-3-21(69-33(43,44)45)22(4-16(15)61-26)70-34(46,47)48)66-30(65-28)12(9-57)27-62-17-5-23(71-35(49,50)51)24(6-18(17)63-27)72-36(52,53)54/h1-6H. The lowest BCUT2D eigenvalue weighted by molar-refractivity contribution is -0.287. The van der Waals surface area contributed by atoms with E-state index in [1.165, 1.54) is 18.2 Å². The molecular weight excluding hydrogens is 1040 g/mol. The Labute approximate surface area is 379 Å². The van der Waals surface area contributed by atoms with Gasteiger partial charge in [0.1, 0.15) is 34.9 Å². The number of halogens is 18. The van der Waals surface area contributed by atoms with E-state index in [2.05, 4.69) is 73.3 Å². The van der Waals surface area contributed by atoms with Gasteiger partial charge in [-0.2, -0.15) is 15.8 Å². The molecule has 0 fully saturated rings. The zero-order chi connectivity index (χ0) is 53.1. The summed E-state index contributed by atoms with van der Waals surface area (Å²) in [5, 5.41) is 26.4. The Morgan fingerprint density at radius 1 is 0.306 bits per heavy atom. The summed E-state index contributed by atoms with van der Waals surface area (Å²) in [4.78, 5) is 34.2. The minimum atomic E-state index is -5.64. The van der Waals surface area contributed by atoms with Crippen molar-refractivity contribution in [1.29, 1.82) is 15.8 Å². The van der Waals surface area contributed by atoms with Gasteiger partial charge in [0, 0.05) is 36.4 Å². The van der Waals surface area contributed by atoms with Crippen LogP contribution in [0.5, 0.6) is 34.5 Å². The summed E-state index contributed by atoms with van der Waals surface area (Å²) in [5.74, 6) is -16.2. The lowest BCUT2D eigenvalue weighted by atomic mass is 10.2. The highest BCUT2D eigenvalue weighted by molar-refractivity contribution is 5.82. The van der Waals surface area contributed by atoms with Gasteiger partial charge in [0.15, 0.2) is 69.4 Å². The normalized spacial score (nSPS) is 14.0. The molecule has 0 bridgehead atoms. The second-order valence-corrected chi connectivity index (χ2v) is 13.1. The quantitative estimate of drug-likeness (QED) is 0.145. The minimum absolute atomic E-state index is 0.226. The summed E-state index contributed by atoms with van der Waals surface area (Å²) in [6.45, 7) is 0. The fraction of sp³-hybridized carbons (Fsp3) is 0.167. The van der Waals surface area contributed by atoms with Crippen LogP contribution in [0.1, 0.15) is 17.5 Å². The van der Waals surface area contributed by atoms with Crippen LogP contribution in [0.25, 0.3) is 16.7 Å². The Kier molecular flexibility index (Phi) is 12.4. The number of nitriles is 3. The second kappa shape index (κ2) is 17.6. The van der Waals surface area contributed by atoms with Gasteiger partial charge in [0.05, 0.1) is 32.1 Å². The van der Waals surface area contributed by atoms with Crippen molar-refractivity contribution in [2.45, 2.75) is 38.2 Å². The molecule has 0 saturated heterocycles. The fourth-order valence-electron chi connectivity index (χ4n) is 5.79. The van der Waals surface area contributed by atoms with E-state index < -0.39 is 156 Å². The largest absolute Gasteiger partial charge is 0.573 e. The smallest absolute Gasteiger partial charge is 0.402 e. The molecule has 0 unspecified atom stereocenters. The van der Waals surface area contributed by atoms with Gasteiger partial charge < -0.3 is 28.4 Å². The first-order valence-corrected chi connectivity index (χ1v) is 17.8. The molecule has 36 heteroatoms. The van der Waals surface area contributed by atoms with Crippen LogP contribution in [0.3, 0.4) is 0 Å².